The van der Waals surface area contributed by atoms with Gasteiger partial charge in [-0.25, -0.2) is 0 Å². The average Bonchev–Trinajstić information content (AvgIpc) is 2.88. The summed E-state index contributed by atoms with van der Waals surface area (Å²) < 4.78 is 4.87. The van der Waals surface area contributed by atoms with Crippen molar-refractivity contribution >= 4 is 17.8 Å². The number of hydrogen-bond donors (Lipinski definition) is 2. The fourth-order valence-corrected chi connectivity index (χ4v) is 1.49. The van der Waals surface area contributed by atoms with Crippen molar-refractivity contribution in [3.05, 3.63) is 24.2 Å². The smallest absolute Gasteiger partial charge is 0.323 e. The summed E-state index contributed by atoms with van der Waals surface area (Å²) >= 11 is 0. The summed E-state index contributed by atoms with van der Waals surface area (Å²) in [5.41, 5.74) is 0. The number of furan rings is 1. The summed E-state index contributed by atoms with van der Waals surface area (Å²) in [6.07, 6.45) is 2.00. The third kappa shape index (κ3) is 4.82. The Hall–Kier alpha value is -2.31. The fourth-order valence-electron chi connectivity index (χ4n) is 1.49. The molecule has 0 bridgehead atoms. The molecule has 7 heteroatoms. The maximum Gasteiger partial charge on any atom is 0.323 e. The number of carbonyl (C=O) groups excluding carboxylic acids is 2. The zero-order valence-electron chi connectivity index (χ0n) is 10.6. The number of carbonyl (C=O) groups is 3. The van der Waals surface area contributed by atoms with Gasteiger partial charge in [-0.05, 0) is 18.6 Å². The van der Waals surface area contributed by atoms with E-state index in [1.165, 1.54) is 17.2 Å². The maximum atomic E-state index is 11.8. The minimum Gasteiger partial charge on any atom is -0.480 e. The second-order valence-electron chi connectivity index (χ2n) is 3.87. The van der Waals surface area contributed by atoms with Crippen LogP contribution in [-0.2, 0) is 9.59 Å². The second-order valence-corrected chi connectivity index (χ2v) is 3.87. The van der Waals surface area contributed by atoms with Crippen LogP contribution in [0.25, 0.3) is 0 Å². The minimum atomic E-state index is -1.08. The molecular weight excluding hydrogens is 252 g/mol. The summed E-state index contributed by atoms with van der Waals surface area (Å²) in [7, 11) is 0. The molecule has 2 amide bonds. The molecule has 7 nitrogen and oxygen atoms in total. The molecular formula is C12H16N2O5. The van der Waals surface area contributed by atoms with Crippen molar-refractivity contribution in [2.75, 3.05) is 19.6 Å². The molecule has 0 aromatic carbocycles. The molecule has 0 unspecified atom stereocenters. The number of carboxylic acid groups (broad SMARTS) is 1. The number of hydrogen-bond acceptors (Lipinski definition) is 4. The van der Waals surface area contributed by atoms with Crippen LogP contribution < -0.4 is 5.32 Å². The normalized spacial score (nSPS) is 9.95. The zero-order valence-corrected chi connectivity index (χ0v) is 10.6. The first-order chi connectivity index (χ1) is 9.04. The lowest BCUT2D eigenvalue weighted by molar-refractivity contribution is -0.144. The standard InChI is InChI=1S/C12H16N2O5/c1-2-5-14(8-11(16)17)10(15)7-13-12(18)9-4-3-6-19-9/h3-4,6H,2,5,7-8H2,1H3,(H,13,18)(H,16,17). The molecule has 0 aliphatic rings. The summed E-state index contributed by atoms with van der Waals surface area (Å²) in [5.74, 6) is -1.93. The third-order valence-electron chi connectivity index (χ3n) is 2.32. The van der Waals surface area contributed by atoms with Gasteiger partial charge in [0.15, 0.2) is 5.76 Å². The van der Waals surface area contributed by atoms with Crippen molar-refractivity contribution in [2.45, 2.75) is 13.3 Å². The van der Waals surface area contributed by atoms with Gasteiger partial charge in [-0.15, -0.1) is 0 Å². The summed E-state index contributed by atoms with van der Waals surface area (Å²) in [5, 5.41) is 11.1. The lowest BCUT2D eigenvalue weighted by Crippen LogP contribution is -2.42. The predicted octanol–water partition coefficient (Wildman–Crippen LogP) is 0.333. The Morgan fingerprint density at radius 2 is 2.16 bits per heavy atom. The molecule has 1 aromatic heterocycles. The van der Waals surface area contributed by atoms with Crippen LogP contribution in [0.2, 0.25) is 0 Å². The first-order valence-electron chi connectivity index (χ1n) is 5.85. The van der Waals surface area contributed by atoms with E-state index in [2.05, 4.69) is 5.32 Å². The van der Waals surface area contributed by atoms with Crippen LogP contribution in [0.1, 0.15) is 23.9 Å². The highest BCUT2D eigenvalue weighted by Crippen LogP contribution is 1.99. The zero-order chi connectivity index (χ0) is 14.3. The number of aliphatic carboxylic acids is 1. The molecule has 2 N–H and O–H groups in total. The first-order valence-corrected chi connectivity index (χ1v) is 5.85. The molecule has 1 rings (SSSR count). The van der Waals surface area contributed by atoms with E-state index in [1.807, 2.05) is 6.92 Å². The molecule has 0 saturated carbocycles. The molecule has 1 aromatic rings. The Balaban J connectivity index is 2.47. The summed E-state index contributed by atoms with van der Waals surface area (Å²) in [6, 6.07) is 3.03. The number of carboxylic acids is 1. The van der Waals surface area contributed by atoms with Crippen molar-refractivity contribution < 1.29 is 23.9 Å². The highest BCUT2D eigenvalue weighted by atomic mass is 16.4. The van der Waals surface area contributed by atoms with Crippen molar-refractivity contribution in [1.29, 1.82) is 0 Å². The van der Waals surface area contributed by atoms with Gasteiger partial charge in [0.1, 0.15) is 6.54 Å². The third-order valence-corrected chi connectivity index (χ3v) is 2.32. The Morgan fingerprint density at radius 3 is 2.68 bits per heavy atom. The predicted molar refractivity (Wildman–Crippen MR) is 65.5 cm³/mol. The van der Waals surface area contributed by atoms with Crippen LogP contribution in [-0.4, -0.2) is 47.4 Å². The quantitative estimate of drug-likeness (QED) is 0.742. The molecule has 19 heavy (non-hydrogen) atoms. The molecule has 104 valence electrons. The van der Waals surface area contributed by atoms with Crippen LogP contribution in [0, 0.1) is 0 Å². The Kier molecular flexibility index (Phi) is 5.59. The van der Waals surface area contributed by atoms with Gasteiger partial charge in [0, 0.05) is 6.54 Å². The molecule has 0 spiro atoms. The van der Waals surface area contributed by atoms with Gasteiger partial charge >= 0.3 is 5.97 Å². The Bertz CT molecular complexity index is 441. The molecule has 0 fully saturated rings. The molecule has 1 heterocycles. The minimum absolute atomic E-state index is 0.105. The van der Waals surface area contributed by atoms with Crippen molar-refractivity contribution in [3.8, 4) is 0 Å². The van der Waals surface area contributed by atoms with Crippen LogP contribution >= 0.6 is 0 Å². The van der Waals surface area contributed by atoms with Crippen molar-refractivity contribution in [2.24, 2.45) is 0 Å². The number of rotatable bonds is 7. The van der Waals surface area contributed by atoms with E-state index in [1.54, 1.807) is 6.07 Å². The average molecular weight is 268 g/mol. The van der Waals surface area contributed by atoms with E-state index in [4.69, 9.17) is 9.52 Å². The van der Waals surface area contributed by atoms with Crippen LogP contribution in [0.5, 0.6) is 0 Å². The van der Waals surface area contributed by atoms with Gasteiger partial charge in [-0.2, -0.15) is 0 Å². The molecule has 0 saturated heterocycles. The summed E-state index contributed by atoms with van der Waals surface area (Å²) in [4.78, 5) is 35.1. The van der Waals surface area contributed by atoms with Gasteiger partial charge < -0.3 is 19.7 Å². The van der Waals surface area contributed by atoms with Gasteiger partial charge in [-0.1, -0.05) is 6.92 Å². The van der Waals surface area contributed by atoms with E-state index >= 15 is 0 Å². The van der Waals surface area contributed by atoms with Crippen LogP contribution in [0.15, 0.2) is 22.8 Å². The van der Waals surface area contributed by atoms with Crippen molar-refractivity contribution in [1.82, 2.24) is 10.2 Å². The highest BCUT2D eigenvalue weighted by molar-refractivity contribution is 5.94. The molecule has 0 radical (unpaired) electrons. The molecule has 0 aliphatic carbocycles. The molecule has 0 aliphatic heterocycles. The van der Waals surface area contributed by atoms with Crippen LogP contribution in [0.3, 0.4) is 0 Å². The largest absolute Gasteiger partial charge is 0.480 e. The van der Waals surface area contributed by atoms with Gasteiger partial charge in [-0.3, -0.25) is 14.4 Å². The van der Waals surface area contributed by atoms with E-state index in [9.17, 15) is 14.4 Å². The Labute approximate surface area is 110 Å². The SMILES string of the molecule is CCCN(CC(=O)O)C(=O)CNC(=O)c1ccco1. The van der Waals surface area contributed by atoms with Gasteiger partial charge in [0.05, 0.1) is 12.8 Å². The number of nitrogens with one attached hydrogen (secondary N) is 1. The van der Waals surface area contributed by atoms with E-state index in [0.717, 1.165) is 0 Å². The van der Waals surface area contributed by atoms with Gasteiger partial charge in [0.25, 0.3) is 5.91 Å². The van der Waals surface area contributed by atoms with Gasteiger partial charge in [0.2, 0.25) is 5.91 Å². The van der Waals surface area contributed by atoms with E-state index < -0.39 is 17.8 Å². The van der Waals surface area contributed by atoms with E-state index in [-0.39, 0.29) is 18.8 Å². The van der Waals surface area contributed by atoms with Crippen LogP contribution in [0.4, 0.5) is 0 Å². The lowest BCUT2D eigenvalue weighted by atomic mass is 10.3. The monoisotopic (exact) mass is 268 g/mol. The topological polar surface area (TPSA) is 99.9 Å². The van der Waals surface area contributed by atoms with E-state index in [0.29, 0.717) is 13.0 Å². The maximum absolute atomic E-state index is 11.8. The molecule has 0 atom stereocenters. The van der Waals surface area contributed by atoms with Crippen molar-refractivity contribution in [3.63, 3.8) is 0 Å². The number of nitrogens with zero attached hydrogens (tertiary/aromatic N) is 1. The second kappa shape index (κ2) is 7.20. The number of amides is 2. The lowest BCUT2D eigenvalue weighted by Gasteiger charge is -2.19. The summed E-state index contributed by atoms with van der Waals surface area (Å²) in [6.45, 7) is 1.54. The Morgan fingerprint density at radius 1 is 1.42 bits per heavy atom. The first kappa shape index (κ1) is 14.7. The fraction of sp³-hybridized carbons (Fsp3) is 0.417. The highest BCUT2D eigenvalue weighted by Gasteiger charge is 2.17.